The second-order valence-corrected chi connectivity index (χ2v) is 7.94. The number of nitrogens with zero attached hydrogens (tertiary/aromatic N) is 1. The van der Waals surface area contributed by atoms with Crippen LogP contribution in [0.3, 0.4) is 0 Å². The second-order valence-electron chi connectivity index (χ2n) is 7.10. The summed E-state index contributed by atoms with van der Waals surface area (Å²) in [6.07, 6.45) is 3.12. The normalized spacial score (nSPS) is 10.6. The summed E-state index contributed by atoms with van der Waals surface area (Å²) in [5.41, 5.74) is 4.35. The van der Waals surface area contributed by atoms with Crippen molar-refractivity contribution in [3.05, 3.63) is 94.0 Å². The first-order valence-corrected chi connectivity index (χ1v) is 11.2. The Bertz CT molecular complexity index is 1230. The highest BCUT2D eigenvalue weighted by molar-refractivity contribution is 6.35. The maximum atomic E-state index is 12.5. The van der Waals surface area contributed by atoms with Crippen LogP contribution in [-0.4, -0.2) is 32.9 Å². The third-order valence-electron chi connectivity index (χ3n) is 4.75. The number of hydrogen-bond acceptors (Lipinski definition) is 6. The van der Waals surface area contributed by atoms with Crippen molar-refractivity contribution in [3.63, 3.8) is 0 Å². The molecule has 9 heteroatoms. The van der Waals surface area contributed by atoms with Gasteiger partial charge in [0.1, 0.15) is 13.2 Å². The highest BCUT2D eigenvalue weighted by atomic mass is 35.5. The van der Waals surface area contributed by atoms with E-state index in [4.69, 9.17) is 42.1 Å². The molecule has 0 bridgehead atoms. The van der Waals surface area contributed by atoms with Gasteiger partial charge in [-0.3, -0.25) is 4.79 Å². The molecule has 0 aromatic heterocycles. The lowest BCUT2D eigenvalue weighted by atomic mass is 10.2. The Balaban J connectivity index is 1.63. The molecule has 7 nitrogen and oxygen atoms in total. The Morgan fingerprint density at radius 2 is 1.66 bits per heavy atom. The van der Waals surface area contributed by atoms with Crippen molar-refractivity contribution in [2.24, 2.45) is 5.10 Å². The zero-order valence-corrected chi connectivity index (χ0v) is 20.7. The number of hydrogen-bond donors (Lipinski definition) is 1. The van der Waals surface area contributed by atoms with Crippen molar-refractivity contribution in [1.29, 1.82) is 0 Å². The van der Waals surface area contributed by atoms with Gasteiger partial charge < -0.3 is 18.9 Å². The van der Waals surface area contributed by atoms with Gasteiger partial charge in [-0.1, -0.05) is 41.9 Å². The molecule has 0 atom stereocenters. The third-order valence-corrected chi connectivity index (χ3v) is 5.34. The molecule has 3 aromatic rings. The zero-order valence-electron chi connectivity index (χ0n) is 19.2. The number of carbonyl (C=O) groups is 1. The maximum Gasteiger partial charge on any atom is 0.271 e. The molecule has 3 aromatic carbocycles. The standard InChI is InChI=1S/C26H24Cl2N2O5/c1-4-11-34-22-10-7-18(13-25(22)33-3)26(31)30-29-15-17-5-9-23(24(12-17)32-2)35-16-19-6-8-20(27)14-21(19)28/h4-10,12-15H,1,11,16H2,2-3H3,(H,30,31)/b29-15+. The summed E-state index contributed by atoms with van der Waals surface area (Å²) in [6.45, 7) is 4.18. The molecular weight excluding hydrogens is 491 g/mol. The number of hydrazone groups is 1. The highest BCUT2D eigenvalue weighted by Gasteiger charge is 2.11. The molecule has 0 saturated heterocycles. The lowest BCUT2D eigenvalue weighted by molar-refractivity contribution is 0.0954. The van der Waals surface area contributed by atoms with Crippen molar-refractivity contribution in [1.82, 2.24) is 5.43 Å². The van der Waals surface area contributed by atoms with E-state index in [-0.39, 0.29) is 6.61 Å². The maximum absolute atomic E-state index is 12.5. The summed E-state index contributed by atoms with van der Waals surface area (Å²) in [5.74, 6) is 1.58. The molecule has 0 unspecified atom stereocenters. The van der Waals surface area contributed by atoms with Crippen molar-refractivity contribution >= 4 is 35.3 Å². The molecule has 3 rings (SSSR count). The number of methoxy groups -OCH3 is 2. The van der Waals surface area contributed by atoms with E-state index in [0.29, 0.717) is 50.8 Å². The van der Waals surface area contributed by atoms with Gasteiger partial charge in [0.2, 0.25) is 0 Å². The van der Waals surface area contributed by atoms with Crippen LogP contribution >= 0.6 is 23.2 Å². The predicted molar refractivity (Wildman–Crippen MR) is 138 cm³/mol. The van der Waals surface area contributed by atoms with Gasteiger partial charge in [0, 0.05) is 21.2 Å². The van der Waals surface area contributed by atoms with E-state index in [1.807, 2.05) is 0 Å². The van der Waals surface area contributed by atoms with Gasteiger partial charge >= 0.3 is 0 Å². The van der Waals surface area contributed by atoms with E-state index in [0.717, 1.165) is 5.56 Å². The van der Waals surface area contributed by atoms with Gasteiger partial charge in [0.25, 0.3) is 5.91 Å². The van der Waals surface area contributed by atoms with E-state index in [9.17, 15) is 4.79 Å². The van der Waals surface area contributed by atoms with Crippen molar-refractivity contribution < 1.29 is 23.7 Å². The third kappa shape index (κ3) is 7.15. The number of carbonyl (C=O) groups excluding carboxylic acids is 1. The van der Waals surface area contributed by atoms with Crippen LogP contribution in [0, 0.1) is 0 Å². The summed E-state index contributed by atoms with van der Waals surface area (Å²) in [4.78, 5) is 12.5. The molecule has 0 saturated carbocycles. The van der Waals surface area contributed by atoms with Crippen LogP contribution in [0.4, 0.5) is 0 Å². The Morgan fingerprint density at radius 3 is 2.37 bits per heavy atom. The van der Waals surface area contributed by atoms with Crippen molar-refractivity contribution in [2.75, 3.05) is 20.8 Å². The molecule has 182 valence electrons. The summed E-state index contributed by atoms with van der Waals surface area (Å²) in [6, 6.07) is 15.3. The monoisotopic (exact) mass is 514 g/mol. The molecule has 0 heterocycles. The molecule has 1 amide bonds. The minimum Gasteiger partial charge on any atom is -0.493 e. The lowest BCUT2D eigenvalue weighted by Gasteiger charge is -2.12. The Labute approximate surface area is 213 Å². The molecular formula is C26H24Cl2N2O5. The largest absolute Gasteiger partial charge is 0.493 e. The zero-order chi connectivity index (χ0) is 25.2. The summed E-state index contributed by atoms with van der Waals surface area (Å²) < 4.78 is 22.1. The Morgan fingerprint density at radius 1 is 0.943 bits per heavy atom. The Hall–Kier alpha value is -3.68. The van der Waals surface area contributed by atoms with Crippen LogP contribution in [0.2, 0.25) is 10.0 Å². The van der Waals surface area contributed by atoms with Gasteiger partial charge in [-0.15, -0.1) is 0 Å². The molecule has 0 fully saturated rings. The molecule has 0 aliphatic carbocycles. The molecule has 35 heavy (non-hydrogen) atoms. The topological polar surface area (TPSA) is 78.4 Å². The number of ether oxygens (including phenoxy) is 4. The molecule has 1 N–H and O–H groups in total. The van der Waals surface area contributed by atoms with E-state index >= 15 is 0 Å². The van der Waals surface area contributed by atoms with E-state index in [1.54, 1.807) is 60.7 Å². The first kappa shape index (κ1) is 25.9. The van der Waals surface area contributed by atoms with Gasteiger partial charge in [-0.05, 0) is 54.1 Å². The van der Waals surface area contributed by atoms with Gasteiger partial charge in [-0.2, -0.15) is 5.10 Å². The van der Waals surface area contributed by atoms with E-state index in [2.05, 4.69) is 17.1 Å². The minimum atomic E-state index is -0.401. The molecule has 0 spiro atoms. The smallest absolute Gasteiger partial charge is 0.271 e. The average molecular weight is 515 g/mol. The molecule has 0 radical (unpaired) electrons. The van der Waals surface area contributed by atoms with Crippen LogP contribution in [-0.2, 0) is 6.61 Å². The van der Waals surface area contributed by atoms with Crippen LogP contribution in [0.5, 0.6) is 23.0 Å². The predicted octanol–water partition coefficient (Wildman–Crippen LogP) is 5.92. The Kier molecular flexibility index (Phi) is 9.40. The quantitative estimate of drug-likeness (QED) is 0.195. The van der Waals surface area contributed by atoms with Gasteiger partial charge in [0.15, 0.2) is 23.0 Å². The van der Waals surface area contributed by atoms with Crippen LogP contribution in [0.1, 0.15) is 21.5 Å². The van der Waals surface area contributed by atoms with Crippen molar-refractivity contribution in [3.8, 4) is 23.0 Å². The first-order valence-electron chi connectivity index (χ1n) is 10.4. The van der Waals surface area contributed by atoms with E-state index in [1.165, 1.54) is 20.4 Å². The minimum absolute atomic E-state index is 0.247. The molecule has 0 aliphatic heterocycles. The van der Waals surface area contributed by atoms with Crippen LogP contribution in [0.25, 0.3) is 0 Å². The highest BCUT2D eigenvalue weighted by Crippen LogP contribution is 2.30. The van der Waals surface area contributed by atoms with Crippen LogP contribution in [0.15, 0.2) is 72.4 Å². The summed E-state index contributed by atoms with van der Waals surface area (Å²) in [7, 11) is 3.04. The average Bonchev–Trinajstić information content (AvgIpc) is 2.87. The van der Waals surface area contributed by atoms with Crippen LogP contribution < -0.4 is 24.4 Å². The molecule has 0 aliphatic rings. The van der Waals surface area contributed by atoms with Gasteiger partial charge in [-0.25, -0.2) is 5.43 Å². The summed E-state index contributed by atoms with van der Waals surface area (Å²) in [5, 5.41) is 5.10. The number of amides is 1. The van der Waals surface area contributed by atoms with Crippen molar-refractivity contribution in [2.45, 2.75) is 6.61 Å². The van der Waals surface area contributed by atoms with Gasteiger partial charge in [0.05, 0.1) is 20.4 Å². The SMILES string of the molecule is C=CCOc1ccc(C(=O)N/N=C/c2ccc(OCc3ccc(Cl)cc3Cl)c(OC)c2)cc1OC. The number of halogens is 2. The van der Waals surface area contributed by atoms with E-state index < -0.39 is 5.91 Å². The number of nitrogens with one attached hydrogen (secondary N) is 1. The summed E-state index contributed by atoms with van der Waals surface area (Å²) >= 11 is 12.1. The fourth-order valence-corrected chi connectivity index (χ4v) is 3.45. The fourth-order valence-electron chi connectivity index (χ4n) is 2.98. The fraction of sp³-hybridized carbons (Fsp3) is 0.154. The second kappa shape index (κ2) is 12.7. The number of rotatable bonds is 11. The number of benzene rings is 3. The first-order chi connectivity index (χ1) is 16.9. The lowest BCUT2D eigenvalue weighted by Crippen LogP contribution is -2.17.